The second-order valence-corrected chi connectivity index (χ2v) is 4.64. The van der Waals surface area contributed by atoms with Gasteiger partial charge in [0.1, 0.15) is 5.82 Å². The van der Waals surface area contributed by atoms with E-state index in [0.717, 1.165) is 11.7 Å². The normalized spacial score (nSPS) is 29.0. The van der Waals surface area contributed by atoms with Crippen molar-refractivity contribution < 1.29 is 0 Å². The van der Waals surface area contributed by atoms with Crippen LogP contribution >= 0.6 is 11.5 Å². The van der Waals surface area contributed by atoms with Crippen molar-refractivity contribution >= 4 is 16.7 Å². The van der Waals surface area contributed by atoms with Gasteiger partial charge in [-0.25, -0.2) is 4.98 Å². The zero-order chi connectivity index (χ0) is 9.26. The molecule has 2 N–H and O–H groups in total. The molecule has 3 nitrogen and oxygen atoms in total. The van der Waals surface area contributed by atoms with E-state index in [9.17, 15) is 0 Å². The van der Waals surface area contributed by atoms with Gasteiger partial charge in [-0.1, -0.05) is 26.2 Å². The third kappa shape index (κ3) is 1.82. The van der Waals surface area contributed by atoms with Crippen LogP contribution in [0.5, 0.6) is 0 Å². The summed E-state index contributed by atoms with van der Waals surface area (Å²) in [6.45, 7) is 2.29. The lowest BCUT2D eigenvalue weighted by Gasteiger charge is -2.26. The van der Waals surface area contributed by atoms with Crippen molar-refractivity contribution in [3.8, 4) is 0 Å². The highest BCUT2D eigenvalue weighted by Gasteiger charge is 2.25. The van der Waals surface area contributed by atoms with Crippen molar-refractivity contribution in [1.82, 2.24) is 9.36 Å². The molecule has 0 radical (unpaired) electrons. The van der Waals surface area contributed by atoms with E-state index in [1.807, 2.05) is 0 Å². The van der Waals surface area contributed by atoms with Gasteiger partial charge >= 0.3 is 0 Å². The van der Waals surface area contributed by atoms with Gasteiger partial charge in [-0.2, -0.15) is 4.37 Å². The van der Waals surface area contributed by atoms with Gasteiger partial charge in [-0.3, -0.25) is 0 Å². The van der Waals surface area contributed by atoms with Crippen LogP contribution in [0.3, 0.4) is 0 Å². The molecule has 0 aliphatic heterocycles. The van der Waals surface area contributed by atoms with Gasteiger partial charge in [-0.15, -0.1) is 0 Å². The summed E-state index contributed by atoms with van der Waals surface area (Å²) in [5, 5.41) is 0.604. The SMILES string of the molecule is CC1CCCCC1c1nsc(N)n1. The lowest BCUT2D eigenvalue weighted by molar-refractivity contribution is 0.322. The van der Waals surface area contributed by atoms with Crippen LogP contribution in [-0.4, -0.2) is 9.36 Å². The van der Waals surface area contributed by atoms with Crippen LogP contribution in [0.15, 0.2) is 0 Å². The Kier molecular flexibility index (Phi) is 2.49. The van der Waals surface area contributed by atoms with E-state index in [0.29, 0.717) is 11.0 Å². The fourth-order valence-corrected chi connectivity index (χ4v) is 2.60. The van der Waals surface area contributed by atoms with Gasteiger partial charge < -0.3 is 5.73 Å². The Balaban J connectivity index is 2.14. The van der Waals surface area contributed by atoms with Crippen LogP contribution in [0.1, 0.15) is 44.3 Å². The molecule has 0 saturated heterocycles. The summed E-state index contributed by atoms with van der Waals surface area (Å²) in [6.07, 6.45) is 5.21. The molecule has 0 aromatic carbocycles. The van der Waals surface area contributed by atoms with Crippen molar-refractivity contribution in [1.29, 1.82) is 0 Å². The first-order valence-electron chi connectivity index (χ1n) is 4.86. The molecule has 2 atom stereocenters. The average molecular weight is 197 g/mol. The minimum absolute atomic E-state index is 0.558. The third-order valence-electron chi connectivity index (χ3n) is 2.90. The van der Waals surface area contributed by atoms with Crippen LogP contribution < -0.4 is 5.73 Å². The number of anilines is 1. The molecule has 0 amide bonds. The molecule has 0 spiro atoms. The summed E-state index contributed by atoms with van der Waals surface area (Å²) < 4.78 is 4.30. The Morgan fingerprint density at radius 1 is 1.38 bits per heavy atom. The second-order valence-electron chi connectivity index (χ2n) is 3.86. The maximum Gasteiger partial charge on any atom is 0.199 e. The summed E-state index contributed by atoms with van der Waals surface area (Å²) in [7, 11) is 0. The number of nitrogen functional groups attached to an aromatic ring is 1. The Labute approximate surface area is 82.5 Å². The molecule has 1 aromatic heterocycles. The van der Waals surface area contributed by atoms with Crippen molar-refractivity contribution in [3.63, 3.8) is 0 Å². The first-order chi connectivity index (χ1) is 6.27. The Morgan fingerprint density at radius 3 is 2.77 bits per heavy atom. The quantitative estimate of drug-likeness (QED) is 0.752. The summed E-state index contributed by atoms with van der Waals surface area (Å²) >= 11 is 1.32. The Hall–Kier alpha value is -0.640. The molecular formula is C9H15N3S. The molecule has 72 valence electrons. The summed E-state index contributed by atoms with van der Waals surface area (Å²) in [5.41, 5.74) is 5.58. The Bertz CT molecular complexity index is 284. The molecule has 1 saturated carbocycles. The lowest BCUT2D eigenvalue weighted by Crippen LogP contribution is -2.15. The third-order valence-corrected chi connectivity index (χ3v) is 3.46. The lowest BCUT2D eigenvalue weighted by atomic mass is 9.80. The van der Waals surface area contributed by atoms with Gasteiger partial charge in [0, 0.05) is 17.5 Å². The number of nitrogens with zero attached hydrogens (tertiary/aromatic N) is 2. The number of aromatic nitrogens is 2. The molecule has 1 fully saturated rings. The fraction of sp³-hybridized carbons (Fsp3) is 0.778. The van der Waals surface area contributed by atoms with Gasteiger partial charge in [0.25, 0.3) is 0 Å². The van der Waals surface area contributed by atoms with E-state index in [1.165, 1.54) is 37.2 Å². The molecule has 0 bridgehead atoms. The summed E-state index contributed by atoms with van der Waals surface area (Å²) in [5.74, 6) is 2.26. The van der Waals surface area contributed by atoms with Crippen LogP contribution in [0.4, 0.5) is 5.13 Å². The minimum Gasteiger partial charge on any atom is -0.374 e. The molecule has 1 aliphatic rings. The Morgan fingerprint density at radius 2 is 2.15 bits per heavy atom. The molecule has 13 heavy (non-hydrogen) atoms. The molecular weight excluding hydrogens is 182 g/mol. The molecule has 4 heteroatoms. The van der Waals surface area contributed by atoms with Gasteiger partial charge in [0.05, 0.1) is 0 Å². The highest BCUT2D eigenvalue weighted by molar-refractivity contribution is 7.09. The highest BCUT2D eigenvalue weighted by atomic mass is 32.1. The molecule has 1 aliphatic carbocycles. The van der Waals surface area contributed by atoms with Crippen LogP contribution in [0.2, 0.25) is 0 Å². The van der Waals surface area contributed by atoms with E-state index in [4.69, 9.17) is 5.73 Å². The zero-order valence-corrected chi connectivity index (χ0v) is 8.68. The van der Waals surface area contributed by atoms with Gasteiger partial charge in [0.15, 0.2) is 5.13 Å². The number of hydrogen-bond donors (Lipinski definition) is 1. The van der Waals surface area contributed by atoms with Gasteiger partial charge in [-0.05, 0) is 12.3 Å². The fourth-order valence-electron chi connectivity index (χ4n) is 2.10. The second kappa shape index (κ2) is 3.62. The number of rotatable bonds is 1. The van der Waals surface area contributed by atoms with Crippen molar-refractivity contribution in [2.45, 2.75) is 38.5 Å². The van der Waals surface area contributed by atoms with Crippen molar-refractivity contribution in [3.05, 3.63) is 5.82 Å². The maximum atomic E-state index is 5.58. The molecule has 1 aromatic rings. The van der Waals surface area contributed by atoms with Crippen molar-refractivity contribution in [2.75, 3.05) is 5.73 Å². The van der Waals surface area contributed by atoms with Crippen LogP contribution in [0.25, 0.3) is 0 Å². The van der Waals surface area contributed by atoms with E-state index in [-0.39, 0.29) is 0 Å². The van der Waals surface area contributed by atoms with Gasteiger partial charge in [0.2, 0.25) is 0 Å². The number of hydrogen-bond acceptors (Lipinski definition) is 4. The topological polar surface area (TPSA) is 51.8 Å². The molecule has 2 rings (SSSR count). The molecule has 2 unspecified atom stereocenters. The monoisotopic (exact) mass is 197 g/mol. The van der Waals surface area contributed by atoms with Crippen LogP contribution in [0, 0.1) is 5.92 Å². The minimum atomic E-state index is 0.558. The van der Waals surface area contributed by atoms with Crippen LogP contribution in [-0.2, 0) is 0 Å². The average Bonchev–Trinajstić information content (AvgIpc) is 2.53. The van der Waals surface area contributed by atoms with E-state index >= 15 is 0 Å². The molecule has 1 heterocycles. The summed E-state index contributed by atoms with van der Waals surface area (Å²) in [4.78, 5) is 4.27. The predicted octanol–water partition coefficient (Wildman–Crippen LogP) is 2.41. The van der Waals surface area contributed by atoms with E-state index in [1.54, 1.807) is 0 Å². The van der Waals surface area contributed by atoms with E-state index in [2.05, 4.69) is 16.3 Å². The zero-order valence-electron chi connectivity index (χ0n) is 7.86. The highest BCUT2D eigenvalue weighted by Crippen LogP contribution is 2.36. The smallest absolute Gasteiger partial charge is 0.199 e. The summed E-state index contributed by atoms with van der Waals surface area (Å²) in [6, 6.07) is 0. The van der Waals surface area contributed by atoms with Crippen molar-refractivity contribution in [2.24, 2.45) is 5.92 Å². The predicted molar refractivity (Wildman–Crippen MR) is 54.7 cm³/mol. The standard InChI is InChI=1S/C9H15N3S/c1-6-4-2-3-5-7(6)8-11-9(10)13-12-8/h6-7H,2-5H2,1H3,(H2,10,11,12). The largest absolute Gasteiger partial charge is 0.374 e. The maximum absolute atomic E-state index is 5.58. The van der Waals surface area contributed by atoms with E-state index < -0.39 is 0 Å². The first kappa shape index (κ1) is 8.94. The first-order valence-corrected chi connectivity index (χ1v) is 5.64. The number of nitrogens with two attached hydrogens (primary N) is 1.